The van der Waals surface area contributed by atoms with Crippen LogP contribution in [0.15, 0.2) is 40.4 Å². The van der Waals surface area contributed by atoms with E-state index in [0.717, 1.165) is 22.6 Å². The van der Waals surface area contributed by atoms with Gasteiger partial charge in [-0.25, -0.2) is 0 Å². The summed E-state index contributed by atoms with van der Waals surface area (Å²) in [7, 11) is 1.39. The van der Waals surface area contributed by atoms with Gasteiger partial charge in [0.15, 0.2) is 11.5 Å². The van der Waals surface area contributed by atoms with Crippen LogP contribution in [0.3, 0.4) is 0 Å². The number of aromatic nitrogens is 2. The highest BCUT2D eigenvalue weighted by Gasteiger charge is 2.48. The van der Waals surface area contributed by atoms with E-state index in [2.05, 4.69) is 26.1 Å². The number of carbonyl (C=O) groups is 2. The first kappa shape index (κ1) is 23.3. The molecule has 0 bridgehead atoms. The van der Waals surface area contributed by atoms with E-state index in [-0.39, 0.29) is 34.1 Å². The molecule has 1 aromatic heterocycles. The zero-order chi connectivity index (χ0) is 25.0. The third-order valence-electron chi connectivity index (χ3n) is 5.92. The van der Waals surface area contributed by atoms with Crippen LogP contribution in [0.5, 0.6) is 17.2 Å². The lowest BCUT2D eigenvalue weighted by Crippen LogP contribution is -2.29. The van der Waals surface area contributed by atoms with Crippen molar-refractivity contribution in [3.8, 4) is 17.2 Å². The molecular formula is C24H20BrN3O6S. The van der Waals surface area contributed by atoms with E-state index in [4.69, 9.17) is 9.47 Å². The second-order valence-corrected chi connectivity index (χ2v) is 10.3. The molecule has 1 fully saturated rings. The van der Waals surface area contributed by atoms with Crippen molar-refractivity contribution in [1.29, 1.82) is 0 Å². The summed E-state index contributed by atoms with van der Waals surface area (Å²) in [5.41, 5.74) is 1.62. The second kappa shape index (κ2) is 8.65. The number of phenols is 1. The van der Waals surface area contributed by atoms with Crippen LogP contribution in [0.4, 0.5) is 5.13 Å². The standard InChI is InChI=1S/C24H20BrN3O6S/c1-10-6-13-7-12(4-5-16(13)34-10)20(29)18-19(14-8-15(25)21(30)17(9-14)33-3)28(23(32)22(18)31)24-27-26-11(2)35-24/h4-5,7-10,19,29-30H,6H2,1-3H3/t10-,19+/m1/s1. The molecule has 9 nitrogen and oxygen atoms in total. The van der Waals surface area contributed by atoms with Crippen molar-refractivity contribution in [2.24, 2.45) is 0 Å². The number of benzene rings is 2. The number of hydrogen-bond acceptors (Lipinski definition) is 9. The lowest BCUT2D eigenvalue weighted by molar-refractivity contribution is -0.132. The number of halogens is 1. The van der Waals surface area contributed by atoms with E-state index < -0.39 is 17.7 Å². The fourth-order valence-corrected chi connectivity index (χ4v) is 5.53. The Morgan fingerprint density at radius 3 is 2.71 bits per heavy atom. The van der Waals surface area contributed by atoms with Gasteiger partial charge in [-0.15, -0.1) is 10.2 Å². The van der Waals surface area contributed by atoms with Crippen LogP contribution < -0.4 is 14.4 Å². The Morgan fingerprint density at radius 1 is 1.26 bits per heavy atom. The zero-order valence-corrected chi connectivity index (χ0v) is 21.3. The highest BCUT2D eigenvalue weighted by molar-refractivity contribution is 9.10. The number of ketones is 1. The Hall–Kier alpha value is -3.44. The number of aliphatic hydroxyl groups excluding tert-OH is 1. The first-order chi connectivity index (χ1) is 16.7. The van der Waals surface area contributed by atoms with Gasteiger partial charge in [-0.3, -0.25) is 14.5 Å². The number of fused-ring (bicyclic) bond motifs is 1. The summed E-state index contributed by atoms with van der Waals surface area (Å²) in [5, 5.41) is 30.6. The summed E-state index contributed by atoms with van der Waals surface area (Å²) in [6, 6.07) is 7.22. The number of methoxy groups -OCH3 is 1. The molecule has 2 aliphatic heterocycles. The summed E-state index contributed by atoms with van der Waals surface area (Å²) in [6.45, 7) is 3.69. The molecule has 35 heavy (non-hydrogen) atoms. The predicted octanol–water partition coefficient (Wildman–Crippen LogP) is 4.27. The van der Waals surface area contributed by atoms with Gasteiger partial charge in [0.2, 0.25) is 5.13 Å². The highest BCUT2D eigenvalue weighted by atomic mass is 79.9. The normalized spacial score (nSPS) is 20.7. The largest absolute Gasteiger partial charge is 0.507 e. The van der Waals surface area contributed by atoms with Gasteiger partial charge in [0.05, 0.1) is 23.2 Å². The smallest absolute Gasteiger partial charge is 0.301 e. The monoisotopic (exact) mass is 557 g/mol. The fourth-order valence-electron chi connectivity index (χ4n) is 4.36. The summed E-state index contributed by atoms with van der Waals surface area (Å²) in [6.07, 6.45) is 0.677. The number of phenolic OH excluding ortho intramolecular Hbond substituents is 1. The van der Waals surface area contributed by atoms with Crippen LogP contribution in [-0.4, -0.2) is 45.3 Å². The van der Waals surface area contributed by atoms with Crippen molar-refractivity contribution in [2.45, 2.75) is 32.4 Å². The van der Waals surface area contributed by atoms with Gasteiger partial charge in [0, 0.05) is 12.0 Å². The van der Waals surface area contributed by atoms with Crippen molar-refractivity contribution in [3.63, 3.8) is 0 Å². The average molecular weight is 558 g/mol. The minimum atomic E-state index is -1.03. The van der Waals surface area contributed by atoms with Crippen molar-refractivity contribution in [3.05, 3.63) is 62.1 Å². The quantitative estimate of drug-likeness (QED) is 0.277. The third-order valence-corrected chi connectivity index (χ3v) is 7.36. The number of aromatic hydroxyl groups is 1. The van der Waals surface area contributed by atoms with Gasteiger partial charge in [0.1, 0.15) is 22.6 Å². The molecule has 2 N–H and O–H groups in total. The van der Waals surface area contributed by atoms with E-state index in [9.17, 15) is 19.8 Å². The summed E-state index contributed by atoms with van der Waals surface area (Å²) < 4.78 is 11.3. The van der Waals surface area contributed by atoms with Crippen molar-refractivity contribution < 1.29 is 29.3 Å². The topological polar surface area (TPSA) is 122 Å². The molecule has 3 aromatic rings. The number of amides is 1. The van der Waals surface area contributed by atoms with E-state index >= 15 is 0 Å². The summed E-state index contributed by atoms with van der Waals surface area (Å²) in [4.78, 5) is 27.8. The minimum Gasteiger partial charge on any atom is -0.507 e. The number of aliphatic hydroxyl groups is 1. The molecule has 0 unspecified atom stereocenters. The van der Waals surface area contributed by atoms with Crippen LogP contribution >= 0.6 is 27.3 Å². The lowest BCUT2D eigenvalue weighted by atomic mass is 9.94. The predicted molar refractivity (Wildman–Crippen MR) is 132 cm³/mol. The Kier molecular flexibility index (Phi) is 5.76. The molecule has 2 atom stereocenters. The van der Waals surface area contributed by atoms with E-state index in [1.807, 2.05) is 6.92 Å². The van der Waals surface area contributed by atoms with Gasteiger partial charge in [-0.05, 0) is 71.2 Å². The number of carbonyl (C=O) groups excluding carboxylic acids is 2. The molecule has 0 aliphatic carbocycles. The van der Waals surface area contributed by atoms with Crippen LogP contribution in [-0.2, 0) is 16.0 Å². The highest BCUT2D eigenvalue weighted by Crippen LogP contribution is 2.46. The first-order valence-corrected chi connectivity index (χ1v) is 12.3. The Labute approximate surface area is 212 Å². The molecular weight excluding hydrogens is 538 g/mol. The molecule has 0 saturated carbocycles. The zero-order valence-electron chi connectivity index (χ0n) is 18.9. The molecule has 1 amide bonds. The SMILES string of the molecule is COc1cc([C@H]2C(=C(O)c3ccc4c(c3)C[C@@H](C)O4)C(=O)C(=O)N2c2nnc(C)s2)cc(Br)c1O. The second-order valence-electron chi connectivity index (χ2n) is 8.28. The third kappa shape index (κ3) is 3.84. The summed E-state index contributed by atoms with van der Waals surface area (Å²) in [5.74, 6) is -1.28. The van der Waals surface area contributed by atoms with E-state index in [1.54, 1.807) is 31.2 Å². The number of anilines is 1. The van der Waals surface area contributed by atoms with E-state index in [1.165, 1.54) is 18.1 Å². The van der Waals surface area contributed by atoms with Gasteiger partial charge in [-0.2, -0.15) is 0 Å². The number of hydrogen-bond donors (Lipinski definition) is 2. The lowest BCUT2D eigenvalue weighted by Gasteiger charge is -2.23. The van der Waals surface area contributed by atoms with Crippen molar-refractivity contribution >= 4 is 49.8 Å². The number of aryl methyl sites for hydroxylation is 1. The maximum Gasteiger partial charge on any atom is 0.301 e. The molecule has 2 aromatic carbocycles. The number of rotatable bonds is 4. The van der Waals surface area contributed by atoms with Gasteiger partial charge in [-0.1, -0.05) is 11.3 Å². The number of nitrogens with zero attached hydrogens (tertiary/aromatic N) is 3. The van der Waals surface area contributed by atoms with Gasteiger partial charge >= 0.3 is 5.91 Å². The van der Waals surface area contributed by atoms with Crippen LogP contribution in [0.2, 0.25) is 0 Å². The summed E-state index contributed by atoms with van der Waals surface area (Å²) >= 11 is 4.45. The molecule has 3 heterocycles. The molecule has 0 spiro atoms. The minimum absolute atomic E-state index is 0.00966. The Morgan fingerprint density at radius 2 is 2.03 bits per heavy atom. The fraction of sp³-hybridized carbons (Fsp3) is 0.250. The molecule has 11 heteroatoms. The first-order valence-electron chi connectivity index (χ1n) is 10.7. The number of ether oxygens (including phenoxy) is 2. The average Bonchev–Trinajstić information content (AvgIpc) is 3.49. The van der Waals surface area contributed by atoms with Crippen molar-refractivity contribution in [1.82, 2.24) is 10.2 Å². The van der Waals surface area contributed by atoms with E-state index in [0.29, 0.717) is 27.0 Å². The molecule has 5 rings (SSSR count). The van der Waals surface area contributed by atoms with Crippen molar-refractivity contribution in [2.75, 3.05) is 12.0 Å². The molecule has 2 aliphatic rings. The van der Waals surface area contributed by atoms with Crippen LogP contribution in [0.1, 0.15) is 34.7 Å². The van der Waals surface area contributed by atoms with Crippen LogP contribution in [0.25, 0.3) is 5.76 Å². The maximum absolute atomic E-state index is 13.3. The molecule has 1 saturated heterocycles. The molecule has 180 valence electrons. The van der Waals surface area contributed by atoms with Gasteiger partial charge in [0.25, 0.3) is 5.78 Å². The Bertz CT molecular complexity index is 1420. The van der Waals surface area contributed by atoms with Gasteiger partial charge < -0.3 is 19.7 Å². The molecule has 0 radical (unpaired) electrons. The number of Topliss-reactive ketones (excluding diaryl/α,β-unsaturated/α-hetero) is 1. The Balaban J connectivity index is 1.73. The van der Waals surface area contributed by atoms with Crippen LogP contribution in [0, 0.1) is 6.92 Å². The maximum atomic E-state index is 13.3.